The van der Waals surface area contributed by atoms with E-state index in [4.69, 9.17) is 9.47 Å². The van der Waals surface area contributed by atoms with E-state index in [0.717, 1.165) is 25.7 Å². The molecule has 4 aliphatic carbocycles. The molecule has 226 valence electrons. The lowest BCUT2D eigenvalue weighted by molar-refractivity contribution is -0.166. The molecule has 0 spiro atoms. The van der Waals surface area contributed by atoms with Crippen LogP contribution in [0.1, 0.15) is 101 Å². The van der Waals surface area contributed by atoms with Crippen molar-refractivity contribution in [3.63, 3.8) is 0 Å². The molecule has 0 amide bonds. The predicted molar refractivity (Wildman–Crippen MR) is 156 cm³/mol. The topological polar surface area (TPSA) is 107 Å². The predicted octanol–water partition coefficient (Wildman–Crippen LogP) is 6.61. The van der Waals surface area contributed by atoms with Crippen LogP contribution in [-0.2, 0) is 28.7 Å². The van der Waals surface area contributed by atoms with Gasteiger partial charge in [-0.15, -0.1) is 0 Å². The third kappa shape index (κ3) is 4.91. The molecule has 0 radical (unpaired) electrons. The molecule has 2 fully saturated rings. The standard InChI is InChI=1S/C34H48O7/c1-19(16-23(37)17-20(2)30(38)39)26-18-29(41-22(4)36)34(9)25-10-11-27-31(5,6)28(40-21(3)35)13-14-32(27,7)24(25)12-15-33(26,34)8/h10,12,17,19,26-29H,11,13-16,18H2,1-9H3,(H,38,39)/b20-17-. The van der Waals surface area contributed by atoms with Gasteiger partial charge in [0.25, 0.3) is 0 Å². The minimum atomic E-state index is -1.09. The van der Waals surface area contributed by atoms with Crippen LogP contribution in [0.5, 0.6) is 0 Å². The van der Waals surface area contributed by atoms with Gasteiger partial charge in [-0.05, 0) is 84.8 Å². The first-order valence-corrected chi connectivity index (χ1v) is 15.1. The summed E-state index contributed by atoms with van der Waals surface area (Å²) >= 11 is 0. The van der Waals surface area contributed by atoms with Crippen LogP contribution < -0.4 is 0 Å². The van der Waals surface area contributed by atoms with Crippen LogP contribution in [0.3, 0.4) is 0 Å². The van der Waals surface area contributed by atoms with Crippen molar-refractivity contribution in [1.29, 1.82) is 0 Å². The Morgan fingerprint density at radius 2 is 1.59 bits per heavy atom. The van der Waals surface area contributed by atoms with Crippen molar-refractivity contribution < 1.29 is 33.8 Å². The molecule has 41 heavy (non-hydrogen) atoms. The van der Waals surface area contributed by atoms with Gasteiger partial charge in [0.05, 0.1) is 0 Å². The summed E-state index contributed by atoms with van der Waals surface area (Å²) in [6.07, 6.45) is 9.82. The summed E-state index contributed by atoms with van der Waals surface area (Å²) in [5, 5.41) is 9.22. The third-order valence-corrected chi connectivity index (χ3v) is 11.8. The van der Waals surface area contributed by atoms with Crippen LogP contribution in [0.15, 0.2) is 34.9 Å². The van der Waals surface area contributed by atoms with E-state index in [1.165, 1.54) is 38.0 Å². The van der Waals surface area contributed by atoms with E-state index in [1.807, 2.05) is 0 Å². The average Bonchev–Trinajstić information content (AvgIpc) is 3.07. The van der Waals surface area contributed by atoms with E-state index in [2.05, 4.69) is 53.7 Å². The van der Waals surface area contributed by atoms with E-state index < -0.39 is 11.4 Å². The second-order valence-corrected chi connectivity index (χ2v) is 14.4. The van der Waals surface area contributed by atoms with Gasteiger partial charge in [0.1, 0.15) is 12.2 Å². The quantitative estimate of drug-likeness (QED) is 0.272. The molecule has 0 aromatic carbocycles. The second-order valence-electron chi connectivity index (χ2n) is 14.4. The number of carboxylic acid groups (broad SMARTS) is 1. The van der Waals surface area contributed by atoms with Crippen LogP contribution in [0.25, 0.3) is 0 Å². The molecule has 0 aromatic heterocycles. The molecule has 4 rings (SSSR count). The lowest BCUT2D eigenvalue weighted by Gasteiger charge is -2.61. The van der Waals surface area contributed by atoms with E-state index in [-0.39, 0.29) is 70.0 Å². The molecule has 7 nitrogen and oxygen atoms in total. The minimum Gasteiger partial charge on any atom is -0.478 e. The first kappa shape index (κ1) is 31.2. The van der Waals surface area contributed by atoms with Crippen molar-refractivity contribution in [3.8, 4) is 0 Å². The number of aliphatic carboxylic acids is 1. The van der Waals surface area contributed by atoms with Gasteiger partial charge >= 0.3 is 17.9 Å². The van der Waals surface area contributed by atoms with E-state index in [1.54, 1.807) is 0 Å². The summed E-state index contributed by atoms with van der Waals surface area (Å²) in [6, 6.07) is 0. The van der Waals surface area contributed by atoms with Crippen LogP contribution in [-0.4, -0.2) is 41.0 Å². The highest BCUT2D eigenvalue weighted by Gasteiger charge is 2.67. The molecular weight excluding hydrogens is 520 g/mol. The lowest BCUT2D eigenvalue weighted by Crippen LogP contribution is -2.56. The Balaban J connectivity index is 1.74. The zero-order chi connectivity index (χ0) is 30.7. The van der Waals surface area contributed by atoms with E-state index in [0.29, 0.717) is 12.3 Å². The van der Waals surface area contributed by atoms with Crippen molar-refractivity contribution in [1.82, 2.24) is 0 Å². The monoisotopic (exact) mass is 568 g/mol. The SMILES string of the molecule is CC(=O)OC1CCC2(C)C3=CCC4(C)C(C(C)CC(=O)/C=C(/C)C(=O)O)CC(OC(C)=O)C4(C)C3=CCC2C1(C)C. The van der Waals surface area contributed by atoms with E-state index in [9.17, 15) is 24.3 Å². The minimum absolute atomic E-state index is 0.0224. The van der Waals surface area contributed by atoms with Crippen LogP contribution in [0.4, 0.5) is 0 Å². The zero-order valence-electron chi connectivity index (χ0n) is 26.3. The normalized spacial score (nSPS) is 38.3. The average molecular weight is 569 g/mol. The Morgan fingerprint density at radius 1 is 0.976 bits per heavy atom. The molecule has 8 unspecified atom stereocenters. The number of hydrogen-bond acceptors (Lipinski definition) is 6. The highest BCUT2D eigenvalue weighted by Crippen LogP contribution is 2.72. The Morgan fingerprint density at radius 3 is 2.17 bits per heavy atom. The summed E-state index contributed by atoms with van der Waals surface area (Å²) in [5.41, 5.74) is 1.63. The summed E-state index contributed by atoms with van der Waals surface area (Å²) in [7, 11) is 0. The first-order valence-electron chi connectivity index (χ1n) is 15.1. The van der Waals surface area contributed by atoms with Gasteiger partial charge in [0.2, 0.25) is 0 Å². The van der Waals surface area contributed by atoms with Crippen LogP contribution in [0.2, 0.25) is 0 Å². The van der Waals surface area contributed by atoms with Gasteiger partial charge < -0.3 is 14.6 Å². The number of carbonyl (C=O) groups is 4. The van der Waals surface area contributed by atoms with Crippen molar-refractivity contribution in [2.24, 2.45) is 39.4 Å². The molecule has 2 saturated carbocycles. The Kier molecular flexibility index (Phi) is 8.03. The molecule has 1 N–H and O–H groups in total. The van der Waals surface area contributed by atoms with Gasteiger partial charge in [-0.1, -0.05) is 53.7 Å². The molecule has 7 heteroatoms. The van der Waals surface area contributed by atoms with Gasteiger partial charge in [0, 0.05) is 36.7 Å². The van der Waals surface area contributed by atoms with Crippen molar-refractivity contribution in [2.45, 2.75) is 113 Å². The maximum absolute atomic E-state index is 12.8. The van der Waals surface area contributed by atoms with Crippen LogP contribution in [0, 0.1) is 39.4 Å². The number of hydrogen-bond donors (Lipinski definition) is 1. The molecule has 0 bridgehead atoms. The first-order chi connectivity index (χ1) is 18.9. The lowest BCUT2D eigenvalue weighted by atomic mass is 9.44. The summed E-state index contributed by atoms with van der Waals surface area (Å²) in [6.45, 7) is 17.8. The van der Waals surface area contributed by atoms with Gasteiger partial charge in [-0.25, -0.2) is 4.79 Å². The molecule has 8 atom stereocenters. The Bertz CT molecular complexity index is 1240. The fraction of sp³-hybridized carbons (Fsp3) is 0.706. The van der Waals surface area contributed by atoms with Gasteiger partial charge in [-0.3, -0.25) is 14.4 Å². The summed E-state index contributed by atoms with van der Waals surface area (Å²) < 4.78 is 11.9. The van der Waals surface area contributed by atoms with E-state index >= 15 is 0 Å². The number of ether oxygens (including phenoxy) is 2. The van der Waals surface area contributed by atoms with Gasteiger partial charge in [-0.2, -0.15) is 0 Å². The number of allylic oxidation sites excluding steroid dienone is 4. The molecular formula is C34H48O7. The van der Waals surface area contributed by atoms with Crippen molar-refractivity contribution in [2.75, 3.05) is 0 Å². The fourth-order valence-electron chi connectivity index (χ4n) is 9.49. The maximum Gasteiger partial charge on any atom is 0.331 e. The highest BCUT2D eigenvalue weighted by atomic mass is 16.5. The second kappa shape index (κ2) is 10.5. The number of esters is 2. The Labute approximate surface area is 244 Å². The number of carbonyl (C=O) groups excluding carboxylic acids is 3. The molecule has 4 aliphatic rings. The molecule has 0 aromatic rings. The summed E-state index contributed by atoms with van der Waals surface area (Å²) in [4.78, 5) is 48.4. The van der Waals surface area contributed by atoms with Crippen molar-refractivity contribution >= 4 is 23.7 Å². The molecule has 0 saturated heterocycles. The number of carboxylic acids is 1. The smallest absolute Gasteiger partial charge is 0.331 e. The van der Waals surface area contributed by atoms with Crippen LogP contribution >= 0.6 is 0 Å². The fourth-order valence-corrected chi connectivity index (χ4v) is 9.49. The number of ketones is 1. The Hall–Kier alpha value is -2.70. The third-order valence-electron chi connectivity index (χ3n) is 11.8. The number of fused-ring (bicyclic) bond motifs is 5. The molecule has 0 aliphatic heterocycles. The maximum atomic E-state index is 12.8. The number of rotatable bonds is 7. The largest absolute Gasteiger partial charge is 0.478 e. The van der Waals surface area contributed by atoms with Crippen molar-refractivity contribution in [3.05, 3.63) is 34.9 Å². The zero-order valence-corrected chi connectivity index (χ0v) is 26.3. The van der Waals surface area contributed by atoms with Gasteiger partial charge in [0.15, 0.2) is 5.78 Å². The summed E-state index contributed by atoms with van der Waals surface area (Å²) in [5.74, 6) is -1.45. The molecule has 0 heterocycles. The highest BCUT2D eigenvalue weighted by molar-refractivity contribution is 5.98.